The van der Waals surface area contributed by atoms with Crippen LogP contribution in [-0.2, 0) is 21.4 Å². The minimum atomic E-state index is -0.828. The summed E-state index contributed by atoms with van der Waals surface area (Å²) in [5.74, 6) is -0.0944. The molecule has 1 amide bonds. The molecule has 0 unspecified atom stereocenters. The number of carbonyl (C=O) groups is 2. The second-order valence-corrected chi connectivity index (χ2v) is 6.92. The van der Waals surface area contributed by atoms with E-state index in [1.807, 2.05) is 20.8 Å². The molecule has 122 valence electrons. The van der Waals surface area contributed by atoms with Crippen molar-refractivity contribution in [2.75, 3.05) is 0 Å². The topological polar surface area (TPSA) is 92.4 Å². The molecule has 1 fully saturated rings. The molecule has 6 heteroatoms. The van der Waals surface area contributed by atoms with E-state index in [1.54, 1.807) is 6.20 Å². The molecule has 0 radical (unpaired) electrons. The summed E-state index contributed by atoms with van der Waals surface area (Å²) in [5, 5.41) is 11.9. The number of aryl methyl sites for hydroxylation is 1. The molecular weight excluding hydrogens is 284 g/mol. The molecule has 1 heterocycles. The Kier molecular flexibility index (Phi) is 4.88. The molecular formula is C16H24N2O4. The zero-order valence-corrected chi connectivity index (χ0v) is 13.4. The molecule has 2 atom stereocenters. The summed E-state index contributed by atoms with van der Waals surface area (Å²) in [6.45, 7) is 6.11. The maximum atomic E-state index is 12.0. The van der Waals surface area contributed by atoms with Crippen LogP contribution < -0.4 is 5.32 Å². The Morgan fingerprint density at radius 3 is 2.73 bits per heavy atom. The molecule has 0 aliphatic heterocycles. The van der Waals surface area contributed by atoms with E-state index in [4.69, 9.17) is 9.52 Å². The molecule has 0 bridgehead atoms. The monoisotopic (exact) mass is 308 g/mol. The van der Waals surface area contributed by atoms with Gasteiger partial charge in [0.25, 0.3) is 0 Å². The highest BCUT2D eigenvalue weighted by Crippen LogP contribution is 2.26. The predicted octanol–water partition coefficient (Wildman–Crippen LogP) is 2.27. The van der Waals surface area contributed by atoms with Crippen molar-refractivity contribution in [2.45, 2.75) is 64.3 Å². The van der Waals surface area contributed by atoms with Crippen LogP contribution in [0.3, 0.4) is 0 Å². The summed E-state index contributed by atoms with van der Waals surface area (Å²) >= 11 is 0. The van der Waals surface area contributed by atoms with E-state index >= 15 is 0 Å². The van der Waals surface area contributed by atoms with Gasteiger partial charge >= 0.3 is 5.97 Å². The van der Waals surface area contributed by atoms with Crippen LogP contribution in [0.15, 0.2) is 10.6 Å². The number of hydrogen-bond acceptors (Lipinski definition) is 4. The summed E-state index contributed by atoms with van der Waals surface area (Å²) in [4.78, 5) is 27.3. The second-order valence-electron chi connectivity index (χ2n) is 6.92. The summed E-state index contributed by atoms with van der Waals surface area (Å²) in [6.07, 6.45) is 4.59. The number of carbonyl (C=O) groups excluding carboxylic acids is 1. The lowest BCUT2D eigenvalue weighted by atomic mass is 9.94. The van der Waals surface area contributed by atoms with Crippen molar-refractivity contribution in [1.82, 2.24) is 10.3 Å². The molecule has 0 aromatic carbocycles. The van der Waals surface area contributed by atoms with Crippen molar-refractivity contribution in [3.05, 3.63) is 17.8 Å². The lowest BCUT2D eigenvalue weighted by Gasteiger charge is -2.17. The van der Waals surface area contributed by atoms with Crippen molar-refractivity contribution in [2.24, 2.45) is 5.92 Å². The Hall–Kier alpha value is -1.85. The highest BCUT2D eigenvalue weighted by Gasteiger charge is 2.33. The third-order valence-corrected chi connectivity index (χ3v) is 4.04. The average Bonchev–Trinajstić information content (AvgIpc) is 3.04. The van der Waals surface area contributed by atoms with E-state index in [0.717, 1.165) is 18.6 Å². The van der Waals surface area contributed by atoms with Crippen LogP contribution in [0.1, 0.15) is 58.1 Å². The van der Waals surface area contributed by atoms with Gasteiger partial charge in [-0.3, -0.25) is 9.59 Å². The number of aromatic nitrogens is 1. The fourth-order valence-electron chi connectivity index (χ4n) is 2.70. The minimum Gasteiger partial charge on any atom is -0.481 e. The first kappa shape index (κ1) is 16.5. The van der Waals surface area contributed by atoms with Gasteiger partial charge in [-0.1, -0.05) is 27.2 Å². The van der Waals surface area contributed by atoms with Gasteiger partial charge in [-0.15, -0.1) is 0 Å². The van der Waals surface area contributed by atoms with Gasteiger partial charge in [-0.05, 0) is 12.8 Å². The number of nitrogens with one attached hydrogen (secondary N) is 1. The average molecular weight is 308 g/mol. The number of hydrogen-bond donors (Lipinski definition) is 2. The SMILES string of the molecule is CC(C)(C)c1cnc(CCC(=O)N[C@@H]2CCC[C@@H]2C(=O)O)o1. The molecule has 1 saturated carbocycles. The number of oxazole rings is 1. The Morgan fingerprint density at radius 1 is 1.41 bits per heavy atom. The van der Waals surface area contributed by atoms with Crippen LogP contribution in [-0.4, -0.2) is 28.0 Å². The molecule has 0 saturated heterocycles. The summed E-state index contributed by atoms with van der Waals surface area (Å²) < 4.78 is 5.64. The van der Waals surface area contributed by atoms with E-state index in [2.05, 4.69) is 10.3 Å². The quantitative estimate of drug-likeness (QED) is 0.870. The lowest BCUT2D eigenvalue weighted by Crippen LogP contribution is -2.40. The van der Waals surface area contributed by atoms with Gasteiger partial charge < -0.3 is 14.8 Å². The van der Waals surface area contributed by atoms with Crippen LogP contribution >= 0.6 is 0 Å². The minimum absolute atomic E-state index is 0.105. The van der Waals surface area contributed by atoms with Crippen molar-refractivity contribution in [3.63, 3.8) is 0 Å². The van der Waals surface area contributed by atoms with E-state index in [9.17, 15) is 9.59 Å². The smallest absolute Gasteiger partial charge is 0.308 e. The second kappa shape index (κ2) is 6.50. The third-order valence-electron chi connectivity index (χ3n) is 4.04. The van der Waals surface area contributed by atoms with Gasteiger partial charge in [0.15, 0.2) is 5.89 Å². The molecule has 1 aromatic rings. The Bertz CT molecular complexity index is 545. The molecule has 1 aromatic heterocycles. The number of rotatable bonds is 5. The van der Waals surface area contributed by atoms with Gasteiger partial charge in [-0.25, -0.2) is 4.98 Å². The standard InChI is InChI=1S/C16H24N2O4/c1-16(2,3)12-9-17-14(22-12)8-7-13(19)18-11-6-4-5-10(11)15(20)21/h9-11H,4-8H2,1-3H3,(H,18,19)(H,20,21)/t10-,11+/m0/s1. The number of amides is 1. The summed E-state index contributed by atoms with van der Waals surface area (Å²) in [6, 6.07) is -0.250. The molecule has 1 aliphatic rings. The van der Waals surface area contributed by atoms with Crippen molar-refractivity contribution in [3.8, 4) is 0 Å². The molecule has 1 aliphatic carbocycles. The fraction of sp³-hybridized carbons (Fsp3) is 0.688. The van der Waals surface area contributed by atoms with Gasteiger partial charge in [-0.2, -0.15) is 0 Å². The van der Waals surface area contributed by atoms with Crippen LogP contribution in [0.2, 0.25) is 0 Å². The maximum Gasteiger partial charge on any atom is 0.308 e. The normalized spacial score (nSPS) is 21.8. The van der Waals surface area contributed by atoms with Crippen LogP contribution in [0, 0.1) is 5.92 Å². The van der Waals surface area contributed by atoms with Crippen LogP contribution in [0.25, 0.3) is 0 Å². The molecule has 2 rings (SSSR count). The number of aliphatic carboxylic acids is 1. The number of nitrogens with zero attached hydrogens (tertiary/aromatic N) is 1. The van der Waals surface area contributed by atoms with Crippen molar-refractivity contribution < 1.29 is 19.1 Å². The summed E-state index contributed by atoms with van der Waals surface area (Å²) in [7, 11) is 0. The van der Waals surface area contributed by atoms with Crippen molar-refractivity contribution >= 4 is 11.9 Å². The van der Waals surface area contributed by atoms with E-state index in [-0.39, 0.29) is 23.8 Å². The van der Waals surface area contributed by atoms with Gasteiger partial charge in [0.1, 0.15) is 5.76 Å². The highest BCUT2D eigenvalue weighted by atomic mass is 16.4. The Balaban J connectivity index is 1.83. The first-order valence-corrected chi connectivity index (χ1v) is 7.74. The molecule has 2 N–H and O–H groups in total. The van der Waals surface area contributed by atoms with Crippen molar-refractivity contribution in [1.29, 1.82) is 0 Å². The van der Waals surface area contributed by atoms with E-state index in [1.165, 1.54) is 0 Å². The summed E-state index contributed by atoms with van der Waals surface area (Å²) in [5.41, 5.74) is -0.105. The largest absolute Gasteiger partial charge is 0.481 e. The molecule has 6 nitrogen and oxygen atoms in total. The van der Waals surface area contributed by atoms with Crippen LogP contribution in [0.5, 0.6) is 0 Å². The van der Waals surface area contributed by atoms with Crippen LogP contribution in [0.4, 0.5) is 0 Å². The fourth-order valence-corrected chi connectivity index (χ4v) is 2.70. The van der Waals surface area contributed by atoms with Gasteiger partial charge in [0.05, 0.1) is 12.1 Å². The number of carboxylic acids is 1. The Morgan fingerprint density at radius 2 is 2.14 bits per heavy atom. The van der Waals surface area contributed by atoms with Gasteiger partial charge in [0.2, 0.25) is 5.91 Å². The molecule has 22 heavy (non-hydrogen) atoms. The Labute approximate surface area is 130 Å². The lowest BCUT2D eigenvalue weighted by molar-refractivity contribution is -0.142. The zero-order chi connectivity index (χ0) is 16.3. The highest BCUT2D eigenvalue weighted by molar-refractivity contribution is 5.78. The first-order chi connectivity index (χ1) is 10.3. The van der Waals surface area contributed by atoms with E-state index in [0.29, 0.717) is 18.7 Å². The van der Waals surface area contributed by atoms with E-state index < -0.39 is 11.9 Å². The predicted molar refractivity (Wildman–Crippen MR) is 80.4 cm³/mol. The molecule has 0 spiro atoms. The first-order valence-electron chi connectivity index (χ1n) is 7.74. The third kappa shape index (κ3) is 4.08. The zero-order valence-electron chi connectivity index (χ0n) is 13.4. The maximum absolute atomic E-state index is 12.0. The number of carboxylic acid groups (broad SMARTS) is 1. The van der Waals surface area contributed by atoms with Gasteiger partial charge in [0, 0.05) is 24.3 Å².